The molecule has 4 N–H and O–H groups in total. The Morgan fingerprint density at radius 3 is 2.17 bits per heavy atom. The largest absolute Gasteiger partial charge is 0.374 e. The van der Waals surface area contributed by atoms with Gasteiger partial charge in [0, 0.05) is 19.3 Å². The van der Waals surface area contributed by atoms with Crippen molar-refractivity contribution in [3.8, 4) is 11.1 Å². The molecule has 0 radical (unpaired) electrons. The zero-order valence-electron chi connectivity index (χ0n) is 27.3. The van der Waals surface area contributed by atoms with E-state index in [0.29, 0.717) is 19.0 Å². The summed E-state index contributed by atoms with van der Waals surface area (Å²) in [5.74, 6) is -0.208. The van der Waals surface area contributed by atoms with Gasteiger partial charge in [0.2, 0.25) is 11.8 Å². The first kappa shape index (κ1) is 36.0. The molecule has 3 aromatic carbocycles. The monoisotopic (exact) mass is 652 g/mol. The van der Waals surface area contributed by atoms with E-state index in [2.05, 4.69) is 22.5 Å². The molecule has 4 aromatic rings. The zero-order chi connectivity index (χ0) is 33.4. The minimum atomic E-state index is -1.20. The minimum absolute atomic E-state index is 0. The Morgan fingerprint density at radius 1 is 0.938 bits per heavy atom. The second-order valence-corrected chi connectivity index (χ2v) is 12.8. The first-order valence-electron chi connectivity index (χ1n) is 16.1. The molecule has 2 heterocycles. The number of aromatic nitrogens is 2. The van der Waals surface area contributed by atoms with Crippen molar-refractivity contribution in [1.82, 2.24) is 19.8 Å². The van der Waals surface area contributed by atoms with Gasteiger partial charge in [0.05, 0.1) is 25.1 Å². The number of amides is 3. The standard InChI is InChI=1S/C37H44N6O4.CH4/c1-26-18-20-42(21-19-26)35(45)33(30-16-14-29(15-17-30)28-12-8-5-9-13-28)43-22-32(39-25-43)41-34(44)31(40-36(46)37(2,3)38)24-47-23-27-10-6-4-7-11-27;/h4-17,22,25-26,31,33H,18-21,23-24,38H2,1-3H3,(H,40,46)(H,41,44);1H4/t31-,33?;/m1./s1. The summed E-state index contributed by atoms with van der Waals surface area (Å²) in [5, 5.41) is 5.50. The van der Waals surface area contributed by atoms with E-state index in [0.717, 1.165) is 35.1 Å². The van der Waals surface area contributed by atoms with Crippen LogP contribution in [-0.2, 0) is 25.7 Å². The summed E-state index contributed by atoms with van der Waals surface area (Å²) in [4.78, 5) is 46.6. The van der Waals surface area contributed by atoms with Crippen molar-refractivity contribution in [2.75, 3.05) is 25.0 Å². The van der Waals surface area contributed by atoms with Gasteiger partial charge < -0.3 is 30.6 Å². The first-order valence-corrected chi connectivity index (χ1v) is 16.1. The Hall–Kier alpha value is -4.80. The van der Waals surface area contributed by atoms with Crippen LogP contribution in [0, 0.1) is 5.92 Å². The highest BCUT2D eigenvalue weighted by molar-refractivity contribution is 5.98. The maximum atomic E-state index is 14.1. The number of ether oxygens (including phenoxy) is 1. The van der Waals surface area contributed by atoms with E-state index < -0.39 is 29.4 Å². The van der Waals surface area contributed by atoms with Gasteiger partial charge in [-0.15, -0.1) is 0 Å². The molecule has 0 bridgehead atoms. The van der Waals surface area contributed by atoms with Crippen LogP contribution in [0.4, 0.5) is 5.82 Å². The number of nitrogens with zero attached hydrogens (tertiary/aromatic N) is 3. The Morgan fingerprint density at radius 2 is 1.54 bits per heavy atom. The van der Waals surface area contributed by atoms with Crippen LogP contribution in [0.2, 0.25) is 0 Å². The maximum Gasteiger partial charge on any atom is 0.250 e. The number of piperidine rings is 1. The highest BCUT2D eigenvalue weighted by Crippen LogP contribution is 2.28. The van der Waals surface area contributed by atoms with Crippen LogP contribution in [0.15, 0.2) is 97.5 Å². The van der Waals surface area contributed by atoms with Gasteiger partial charge in [0.25, 0.3) is 5.91 Å². The van der Waals surface area contributed by atoms with Crippen molar-refractivity contribution in [3.63, 3.8) is 0 Å². The summed E-state index contributed by atoms with van der Waals surface area (Å²) in [6.45, 7) is 6.92. The molecule has 0 aliphatic carbocycles. The van der Waals surface area contributed by atoms with Crippen molar-refractivity contribution in [2.24, 2.45) is 11.7 Å². The Bertz CT molecular complexity index is 1630. The topological polar surface area (TPSA) is 132 Å². The second kappa shape index (κ2) is 16.3. The van der Waals surface area contributed by atoms with Crippen LogP contribution < -0.4 is 16.4 Å². The fourth-order valence-corrected chi connectivity index (χ4v) is 5.48. The third-order valence-electron chi connectivity index (χ3n) is 8.42. The molecule has 2 atom stereocenters. The van der Waals surface area contributed by atoms with Crippen molar-refractivity contribution < 1.29 is 19.1 Å². The van der Waals surface area contributed by atoms with Gasteiger partial charge in [-0.2, -0.15) is 0 Å². The summed E-state index contributed by atoms with van der Waals surface area (Å²) in [6.07, 6.45) is 5.11. The normalized spacial score (nSPS) is 14.8. The summed E-state index contributed by atoms with van der Waals surface area (Å²) in [6, 6.07) is 25.9. The van der Waals surface area contributed by atoms with Gasteiger partial charge in [-0.05, 0) is 54.9 Å². The highest BCUT2D eigenvalue weighted by Gasteiger charge is 2.31. The number of hydrogen-bond donors (Lipinski definition) is 3. The molecule has 0 saturated carbocycles. The lowest BCUT2D eigenvalue weighted by molar-refractivity contribution is -0.135. The number of rotatable bonds is 12. The van der Waals surface area contributed by atoms with E-state index in [1.165, 1.54) is 0 Å². The molecular weight excluding hydrogens is 604 g/mol. The van der Waals surface area contributed by atoms with E-state index >= 15 is 0 Å². The number of imidazole rings is 1. The third kappa shape index (κ3) is 9.39. The van der Waals surface area contributed by atoms with Gasteiger partial charge in [-0.1, -0.05) is 99.3 Å². The Balaban J connectivity index is 0.00000520. The highest BCUT2D eigenvalue weighted by atomic mass is 16.5. The van der Waals surface area contributed by atoms with Gasteiger partial charge in [0.15, 0.2) is 5.82 Å². The number of anilines is 1. The average Bonchev–Trinajstić information content (AvgIpc) is 3.53. The van der Waals surface area contributed by atoms with E-state index in [-0.39, 0.29) is 32.4 Å². The van der Waals surface area contributed by atoms with E-state index in [9.17, 15) is 14.4 Å². The molecule has 1 aromatic heterocycles. The number of carbonyl (C=O) groups is 3. The fraction of sp³-hybridized carbons (Fsp3) is 0.368. The van der Waals surface area contributed by atoms with Crippen LogP contribution in [0.25, 0.3) is 11.1 Å². The summed E-state index contributed by atoms with van der Waals surface area (Å²) in [5.41, 5.74) is 8.69. The molecule has 254 valence electrons. The molecule has 1 unspecified atom stereocenters. The van der Waals surface area contributed by atoms with Gasteiger partial charge in [0.1, 0.15) is 12.1 Å². The smallest absolute Gasteiger partial charge is 0.250 e. The van der Waals surface area contributed by atoms with Gasteiger partial charge in [-0.3, -0.25) is 14.4 Å². The minimum Gasteiger partial charge on any atom is -0.374 e. The molecule has 48 heavy (non-hydrogen) atoms. The number of likely N-dealkylation sites (tertiary alicyclic amines) is 1. The fourth-order valence-electron chi connectivity index (χ4n) is 5.48. The lowest BCUT2D eigenvalue weighted by atomic mass is 9.96. The van der Waals surface area contributed by atoms with Gasteiger partial charge in [-0.25, -0.2) is 4.98 Å². The molecule has 0 spiro atoms. The van der Waals surface area contributed by atoms with E-state index in [1.807, 2.05) is 89.8 Å². The lowest BCUT2D eigenvalue weighted by Gasteiger charge is -2.33. The maximum absolute atomic E-state index is 14.1. The Labute approximate surface area is 283 Å². The van der Waals surface area contributed by atoms with Crippen molar-refractivity contribution in [2.45, 2.75) is 65.3 Å². The first-order chi connectivity index (χ1) is 22.6. The zero-order valence-corrected chi connectivity index (χ0v) is 27.3. The molecule has 5 rings (SSSR count). The number of hydrogen-bond acceptors (Lipinski definition) is 6. The summed E-state index contributed by atoms with van der Waals surface area (Å²) < 4.78 is 7.54. The predicted octanol–water partition coefficient (Wildman–Crippen LogP) is 5.41. The van der Waals surface area contributed by atoms with E-state index in [4.69, 9.17) is 10.5 Å². The van der Waals surface area contributed by atoms with Crippen LogP contribution >= 0.6 is 0 Å². The number of nitrogens with two attached hydrogens (primary N) is 1. The van der Waals surface area contributed by atoms with Crippen molar-refractivity contribution in [3.05, 3.63) is 109 Å². The second-order valence-electron chi connectivity index (χ2n) is 12.8. The molecule has 1 fully saturated rings. The molecule has 10 nitrogen and oxygen atoms in total. The molecular formula is C38H48N6O4. The number of nitrogens with one attached hydrogen (secondary N) is 2. The van der Waals surface area contributed by atoms with Gasteiger partial charge >= 0.3 is 0 Å². The Kier molecular flexibility index (Phi) is 12.3. The predicted molar refractivity (Wildman–Crippen MR) is 189 cm³/mol. The van der Waals surface area contributed by atoms with Crippen LogP contribution in [0.5, 0.6) is 0 Å². The molecule has 1 saturated heterocycles. The summed E-state index contributed by atoms with van der Waals surface area (Å²) >= 11 is 0. The number of benzene rings is 3. The molecule has 1 aliphatic rings. The quantitative estimate of drug-likeness (QED) is 0.188. The lowest BCUT2D eigenvalue weighted by Crippen LogP contribution is -2.56. The third-order valence-corrected chi connectivity index (χ3v) is 8.42. The molecule has 10 heteroatoms. The van der Waals surface area contributed by atoms with Crippen LogP contribution in [0.1, 0.15) is 58.2 Å². The number of carbonyl (C=O) groups excluding carboxylic acids is 3. The SMILES string of the molecule is C.CC1CCN(C(=O)C(c2ccc(-c3ccccc3)cc2)n2cnc(NC(=O)[C@@H](COCc3ccccc3)NC(=O)C(C)(C)N)c2)CC1. The van der Waals surface area contributed by atoms with Crippen molar-refractivity contribution >= 4 is 23.5 Å². The molecule has 1 aliphatic heterocycles. The van der Waals surface area contributed by atoms with E-state index in [1.54, 1.807) is 30.9 Å². The average molecular weight is 653 g/mol. The summed E-state index contributed by atoms with van der Waals surface area (Å²) in [7, 11) is 0. The van der Waals surface area contributed by atoms with Crippen LogP contribution in [-0.4, -0.2) is 63.4 Å². The van der Waals surface area contributed by atoms with Crippen LogP contribution in [0.3, 0.4) is 0 Å². The van der Waals surface area contributed by atoms with Crippen molar-refractivity contribution in [1.29, 1.82) is 0 Å². The molecule has 3 amide bonds.